The molecule has 0 saturated heterocycles. The average molecular weight is 348 g/mol. The number of nitrogens with zero attached hydrogens (tertiary/aromatic N) is 1. The summed E-state index contributed by atoms with van der Waals surface area (Å²) in [5.74, 6) is -0.348. The molecule has 0 bridgehead atoms. The van der Waals surface area contributed by atoms with E-state index < -0.39 is 0 Å². The Balaban J connectivity index is 2.15. The van der Waals surface area contributed by atoms with Gasteiger partial charge >= 0.3 is 0 Å². The van der Waals surface area contributed by atoms with E-state index in [0.717, 1.165) is 21.3 Å². The normalized spacial score (nSPS) is 10.8. The first kappa shape index (κ1) is 15.5. The molecule has 0 aliphatic rings. The zero-order valence-corrected chi connectivity index (χ0v) is 13.2. The lowest BCUT2D eigenvalue weighted by Crippen LogP contribution is -2.33. The molecule has 2 aromatic carbocycles. The Morgan fingerprint density at radius 2 is 1.86 bits per heavy atom. The van der Waals surface area contributed by atoms with Crippen LogP contribution in [0.25, 0.3) is 0 Å². The van der Waals surface area contributed by atoms with E-state index in [-0.39, 0.29) is 12.5 Å². The van der Waals surface area contributed by atoms with Gasteiger partial charge in [-0.25, -0.2) is 0 Å². The highest BCUT2D eigenvalue weighted by Crippen LogP contribution is 2.17. The molecule has 1 amide bonds. The zero-order chi connectivity index (χ0) is 15.2. The molecule has 21 heavy (non-hydrogen) atoms. The summed E-state index contributed by atoms with van der Waals surface area (Å²) in [6, 6.07) is 15.6. The minimum absolute atomic E-state index is 0.195. The third-order valence-corrected chi connectivity index (χ3v) is 3.62. The Kier molecular flexibility index (Phi) is 5.36. The molecular formula is C16H18BrN3O. The second-order valence-corrected chi connectivity index (χ2v) is 5.86. The van der Waals surface area contributed by atoms with Gasteiger partial charge in [-0.05, 0) is 29.3 Å². The van der Waals surface area contributed by atoms with Crippen LogP contribution in [0, 0.1) is 0 Å². The van der Waals surface area contributed by atoms with Crippen LogP contribution in [-0.4, -0.2) is 17.4 Å². The Morgan fingerprint density at radius 1 is 1.10 bits per heavy atom. The van der Waals surface area contributed by atoms with Crippen LogP contribution < -0.4 is 11.5 Å². The number of carbonyl (C=O) groups is 1. The summed E-state index contributed by atoms with van der Waals surface area (Å²) in [6.45, 7) is 1.42. The van der Waals surface area contributed by atoms with E-state index >= 15 is 0 Å². The van der Waals surface area contributed by atoms with E-state index in [4.69, 9.17) is 11.5 Å². The topological polar surface area (TPSA) is 72.4 Å². The van der Waals surface area contributed by atoms with Gasteiger partial charge in [0, 0.05) is 23.2 Å². The third-order valence-electron chi connectivity index (χ3n) is 3.12. The molecule has 0 aliphatic carbocycles. The van der Waals surface area contributed by atoms with Gasteiger partial charge in [0.15, 0.2) is 0 Å². The number of nitrogens with two attached hydrogens (primary N) is 2. The Hall–Kier alpha value is -1.85. The van der Waals surface area contributed by atoms with Gasteiger partial charge in [0.05, 0.1) is 6.54 Å². The average Bonchev–Trinajstić information content (AvgIpc) is 2.40. The molecular weight excluding hydrogens is 330 g/mol. The van der Waals surface area contributed by atoms with Gasteiger partial charge in [0.2, 0.25) is 5.91 Å². The Morgan fingerprint density at radius 3 is 2.52 bits per heavy atom. The Bertz CT molecular complexity index is 630. The number of rotatable bonds is 6. The highest BCUT2D eigenvalue weighted by molar-refractivity contribution is 9.10. The van der Waals surface area contributed by atoms with Crippen molar-refractivity contribution in [3.63, 3.8) is 0 Å². The molecule has 0 aliphatic heterocycles. The predicted molar refractivity (Wildman–Crippen MR) is 88.3 cm³/mol. The fraction of sp³-hybridized carbons (Fsp3) is 0.188. The number of benzene rings is 2. The van der Waals surface area contributed by atoms with Crippen molar-refractivity contribution in [2.24, 2.45) is 5.73 Å². The van der Waals surface area contributed by atoms with Gasteiger partial charge in [-0.2, -0.15) is 0 Å². The second-order valence-electron chi connectivity index (χ2n) is 4.94. The minimum atomic E-state index is -0.348. The summed E-state index contributed by atoms with van der Waals surface area (Å²) in [6.07, 6.45) is 0. The molecule has 0 aromatic heterocycles. The summed E-state index contributed by atoms with van der Waals surface area (Å²) in [5, 5.41) is 0. The molecule has 4 N–H and O–H groups in total. The minimum Gasteiger partial charge on any atom is -0.398 e. The van der Waals surface area contributed by atoms with Gasteiger partial charge in [-0.1, -0.05) is 46.3 Å². The largest absolute Gasteiger partial charge is 0.398 e. The Labute approximate surface area is 132 Å². The van der Waals surface area contributed by atoms with Crippen LogP contribution in [0.5, 0.6) is 0 Å². The first-order valence-electron chi connectivity index (χ1n) is 6.63. The predicted octanol–water partition coefficient (Wildman–Crippen LogP) is 2.52. The standard InChI is InChI=1S/C16H18BrN3O/c17-14-6-3-4-12(8-14)9-20(11-16(19)21)10-13-5-1-2-7-15(13)18/h1-8H,9-11,18H2,(H2,19,21). The highest BCUT2D eigenvalue weighted by atomic mass is 79.9. The van der Waals surface area contributed by atoms with E-state index in [9.17, 15) is 4.79 Å². The highest BCUT2D eigenvalue weighted by Gasteiger charge is 2.11. The SMILES string of the molecule is NC(=O)CN(Cc1cccc(Br)c1)Cc1ccccc1N. The smallest absolute Gasteiger partial charge is 0.231 e. The van der Waals surface area contributed by atoms with Gasteiger partial charge in [-0.3, -0.25) is 9.69 Å². The molecule has 110 valence electrons. The lowest BCUT2D eigenvalue weighted by Gasteiger charge is -2.22. The molecule has 0 saturated carbocycles. The number of carbonyl (C=O) groups excluding carboxylic acids is 1. The monoisotopic (exact) mass is 347 g/mol. The van der Waals surface area contributed by atoms with Crippen molar-refractivity contribution in [3.8, 4) is 0 Å². The molecule has 0 spiro atoms. The number of hydrogen-bond acceptors (Lipinski definition) is 3. The van der Waals surface area contributed by atoms with Crippen LogP contribution in [0.15, 0.2) is 53.0 Å². The van der Waals surface area contributed by atoms with Crippen molar-refractivity contribution in [1.82, 2.24) is 4.90 Å². The van der Waals surface area contributed by atoms with Crippen molar-refractivity contribution in [1.29, 1.82) is 0 Å². The molecule has 4 nitrogen and oxygen atoms in total. The molecule has 0 heterocycles. The van der Waals surface area contributed by atoms with Crippen molar-refractivity contribution in [2.45, 2.75) is 13.1 Å². The first-order valence-corrected chi connectivity index (χ1v) is 7.42. The molecule has 2 rings (SSSR count). The maximum absolute atomic E-state index is 11.3. The van der Waals surface area contributed by atoms with Gasteiger partial charge in [0.25, 0.3) is 0 Å². The van der Waals surface area contributed by atoms with E-state index in [0.29, 0.717) is 13.1 Å². The van der Waals surface area contributed by atoms with Crippen molar-refractivity contribution in [2.75, 3.05) is 12.3 Å². The van der Waals surface area contributed by atoms with Crippen molar-refractivity contribution < 1.29 is 4.79 Å². The maximum Gasteiger partial charge on any atom is 0.231 e. The lowest BCUT2D eigenvalue weighted by atomic mass is 10.1. The van der Waals surface area contributed by atoms with E-state index in [1.165, 1.54) is 0 Å². The third kappa shape index (κ3) is 4.88. The molecule has 0 unspecified atom stereocenters. The van der Waals surface area contributed by atoms with Gasteiger partial charge < -0.3 is 11.5 Å². The number of nitrogen functional groups attached to an aromatic ring is 1. The van der Waals surface area contributed by atoms with Crippen LogP contribution in [0.3, 0.4) is 0 Å². The molecule has 0 radical (unpaired) electrons. The zero-order valence-electron chi connectivity index (χ0n) is 11.6. The van der Waals surface area contributed by atoms with Crippen molar-refractivity contribution >= 4 is 27.5 Å². The number of anilines is 1. The number of hydrogen-bond donors (Lipinski definition) is 2. The van der Waals surface area contributed by atoms with Crippen LogP contribution in [0.4, 0.5) is 5.69 Å². The molecule has 0 fully saturated rings. The summed E-state index contributed by atoms with van der Waals surface area (Å²) in [5.41, 5.74) is 14.1. The summed E-state index contributed by atoms with van der Waals surface area (Å²) in [4.78, 5) is 13.3. The summed E-state index contributed by atoms with van der Waals surface area (Å²) < 4.78 is 1.01. The van der Waals surface area contributed by atoms with Crippen molar-refractivity contribution in [3.05, 3.63) is 64.1 Å². The first-order chi connectivity index (χ1) is 10.0. The van der Waals surface area contributed by atoms with Crippen LogP contribution in [0.2, 0.25) is 0 Å². The van der Waals surface area contributed by atoms with E-state index in [2.05, 4.69) is 15.9 Å². The lowest BCUT2D eigenvalue weighted by molar-refractivity contribution is -0.119. The van der Waals surface area contributed by atoms with Gasteiger partial charge in [-0.15, -0.1) is 0 Å². The van der Waals surface area contributed by atoms with Crippen LogP contribution >= 0.6 is 15.9 Å². The maximum atomic E-state index is 11.3. The fourth-order valence-electron chi connectivity index (χ4n) is 2.20. The fourth-order valence-corrected chi connectivity index (χ4v) is 2.65. The molecule has 2 aromatic rings. The second kappa shape index (κ2) is 7.24. The van der Waals surface area contributed by atoms with Crippen LogP contribution in [0.1, 0.15) is 11.1 Å². The number of primary amides is 1. The summed E-state index contributed by atoms with van der Waals surface area (Å²) in [7, 11) is 0. The summed E-state index contributed by atoms with van der Waals surface area (Å²) >= 11 is 3.45. The van der Waals surface area contributed by atoms with E-state index in [1.54, 1.807) is 0 Å². The molecule has 5 heteroatoms. The van der Waals surface area contributed by atoms with Gasteiger partial charge in [0.1, 0.15) is 0 Å². The quantitative estimate of drug-likeness (QED) is 0.788. The van der Waals surface area contributed by atoms with E-state index in [1.807, 2.05) is 53.4 Å². The number of halogens is 1. The number of para-hydroxylation sites is 1. The van der Waals surface area contributed by atoms with Crippen LogP contribution in [-0.2, 0) is 17.9 Å². The molecule has 0 atom stereocenters. The number of amides is 1.